The molecule has 1 atom stereocenters. The van der Waals surface area contributed by atoms with E-state index in [1.165, 1.54) is 5.56 Å². The molecule has 1 aromatic rings. The van der Waals surface area contributed by atoms with Crippen LogP contribution in [0, 0.1) is 26.2 Å². The van der Waals surface area contributed by atoms with Crippen molar-refractivity contribution in [3.8, 4) is 0 Å². The second kappa shape index (κ2) is 5.13. The summed E-state index contributed by atoms with van der Waals surface area (Å²) in [6, 6.07) is 4.10. The first-order valence-electron chi connectivity index (χ1n) is 5.75. The van der Waals surface area contributed by atoms with Gasteiger partial charge in [0.15, 0.2) is 11.0 Å². The van der Waals surface area contributed by atoms with Crippen LogP contribution in [0.2, 0.25) is 0 Å². The van der Waals surface area contributed by atoms with Gasteiger partial charge in [0.05, 0.1) is 4.90 Å². The fourth-order valence-corrected chi connectivity index (χ4v) is 2.89. The summed E-state index contributed by atoms with van der Waals surface area (Å²) in [5, 5.41) is 0. The van der Waals surface area contributed by atoms with E-state index < -0.39 is 11.0 Å². The summed E-state index contributed by atoms with van der Waals surface area (Å²) in [4.78, 5) is 0.844. The molecule has 0 aliphatic carbocycles. The van der Waals surface area contributed by atoms with Gasteiger partial charge >= 0.3 is 0 Å². The Morgan fingerprint density at radius 3 is 2.00 bits per heavy atom. The molecule has 0 spiro atoms. The zero-order valence-corrected chi connectivity index (χ0v) is 12.3. The zero-order valence-electron chi connectivity index (χ0n) is 11.5. The average Bonchev–Trinajstić information content (AvgIpc) is 2.11. The van der Waals surface area contributed by atoms with E-state index in [1.807, 2.05) is 53.7 Å². The number of hydrogen-bond donors (Lipinski definition) is 0. The largest absolute Gasteiger partial charge is 0.229 e. The quantitative estimate of drug-likeness (QED) is 0.736. The van der Waals surface area contributed by atoms with Crippen LogP contribution in [0.15, 0.2) is 21.4 Å². The van der Waals surface area contributed by atoms with Gasteiger partial charge in [0, 0.05) is 6.21 Å². The summed E-state index contributed by atoms with van der Waals surface area (Å²) >= 11 is 0. The van der Waals surface area contributed by atoms with Gasteiger partial charge in [0.1, 0.15) is 0 Å². The van der Waals surface area contributed by atoms with Gasteiger partial charge < -0.3 is 0 Å². The number of aryl methyl sites for hydroxylation is 3. The molecule has 0 aliphatic rings. The summed E-state index contributed by atoms with van der Waals surface area (Å²) in [6.45, 7) is 12.2. The third kappa shape index (κ3) is 4.08. The number of nitrogens with zero attached hydrogens (tertiary/aromatic N) is 1. The molecule has 94 valence electrons. The molecule has 0 aromatic heterocycles. The molecule has 2 nitrogen and oxygen atoms in total. The second-order valence-corrected chi connectivity index (χ2v) is 6.69. The third-order valence-electron chi connectivity index (χ3n) is 2.32. The molecule has 0 N–H and O–H groups in total. The second-order valence-electron chi connectivity index (χ2n) is 5.58. The maximum Gasteiger partial charge on any atom is 0.172 e. The van der Waals surface area contributed by atoms with Gasteiger partial charge in [-0.2, -0.15) is 4.40 Å². The highest BCUT2D eigenvalue weighted by Gasteiger charge is 2.12. The molecule has 0 fully saturated rings. The van der Waals surface area contributed by atoms with E-state index in [-0.39, 0.29) is 5.41 Å². The van der Waals surface area contributed by atoms with E-state index in [2.05, 4.69) is 4.40 Å². The molecular weight excluding hydrogens is 230 g/mol. The molecule has 0 amide bonds. The van der Waals surface area contributed by atoms with Crippen molar-refractivity contribution < 1.29 is 4.21 Å². The minimum atomic E-state index is -1.29. The fraction of sp³-hybridized carbons (Fsp3) is 0.500. The van der Waals surface area contributed by atoms with Crippen molar-refractivity contribution in [3.05, 3.63) is 28.8 Å². The molecule has 17 heavy (non-hydrogen) atoms. The molecule has 1 rings (SSSR count). The van der Waals surface area contributed by atoms with E-state index in [1.54, 1.807) is 6.21 Å². The van der Waals surface area contributed by atoms with Crippen LogP contribution in [0.5, 0.6) is 0 Å². The van der Waals surface area contributed by atoms with Crippen LogP contribution < -0.4 is 0 Å². The maximum atomic E-state index is 12.2. The van der Waals surface area contributed by atoms with Crippen LogP contribution in [-0.4, -0.2) is 10.4 Å². The van der Waals surface area contributed by atoms with Crippen molar-refractivity contribution in [2.75, 3.05) is 0 Å². The normalized spacial score (nSPS) is 14.2. The number of hydrogen-bond acceptors (Lipinski definition) is 1. The lowest BCUT2D eigenvalue weighted by Gasteiger charge is -2.11. The predicted molar refractivity (Wildman–Crippen MR) is 75.0 cm³/mol. The first kappa shape index (κ1) is 14.1. The van der Waals surface area contributed by atoms with Crippen molar-refractivity contribution in [1.82, 2.24) is 0 Å². The molecule has 0 saturated heterocycles. The Hall–Kier alpha value is -0.960. The fourth-order valence-electron chi connectivity index (χ4n) is 1.70. The molecule has 0 aliphatic heterocycles. The third-order valence-corrected chi connectivity index (χ3v) is 3.61. The van der Waals surface area contributed by atoms with Crippen LogP contribution in [0.3, 0.4) is 0 Å². The van der Waals surface area contributed by atoms with Crippen molar-refractivity contribution in [2.45, 2.75) is 46.4 Å². The lowest BCUT2D eigenvalue weighted by atomic mass is 10.00. The van der Waals surface area contributed by atoms with Crippen LogP contribution in [0.25, 0.3) is 0 Å². The van der Waals surface area contributed by atoms with E-state index in [9.17, 15) is 4.21 Å². The SMILES string of the molecule is Cc1cc(C)c([S@](=O)/N=C/C(C)(C)C)c(C)c1. The molecule has 0 saturated carbocycles. The minimum absolute atomic E-state index is 0.0395. The summed E-state index contributed by atoms with van der Waals surface area (Å²) < 4.78 is 16.3. The van der Waals surface area contributed by atoms with Crippen molar-refractivity contribution in [3.63, 3.8) is 0 Å². The van der Waals surface area contributed by atoms with Gasteiger partial charge in [-0.25, -0.2) is 4.21 Å². The van der Waals surface area contributed by atoms with Gasteiger partial charge in [-0.1, -0.05) is 38.5 Å². The average molecular weight is 251 g/mol. The Morgan fingerprint density at radius 1 is 1.12 bits per heavy atom. The lowest BCUT2D eigenvalue weighted by Crippen LogP contribution is -2.07. The Morgan fingerprint density at radius 2 is 1.59 bits per heavy atom. The van der Waals surface area contributed by atoms with E-state index >= 15 is 0 Å². The van der Waals surface area contributed by atoms with Crippen molar-refractivity contribution in [2.24, 2.45) is 9.81 Å². The molecule has 1 aromatic carbocycles. The van der Waals surface area contributed by atoms with Crippen molar-refractivity contribution >= 4 is 17.2 Å². The van der Waals surface area contributed by atoms with Crippen LogP contribution in [0.4, 0.5) is 0 Å². The molecule has 0 unspecified atom stereocenters. The summed E-state index contributed by atoms with van der Waals surface area (Å²) in [5.41, 5.74) is 3.25. The van der Waals surface area contributed by atoms with Crippen LogP contribution in [0.1, 0.15) is 37.5 Å². The maximum absolute atomic E-state index is 12.2. The first-order valence-corrected chi connectivity index (χ1v) is 6.86. The standard InChI is InChI=1S/C14H21NOS/c1-10-7-11(2)13(12(3)8-10)17(16)15-9-14(4,5)6/h7-9H,1-6H3/b15-9+/t17-/m0/s1. The van der Waals surface area contributed by atoms with E-state index in [0.29, 0.717) is 0 Å². The predicted octanol–water partition coefficient (Wildman–Crippen LogP) is 3.75. The highest BCUT2D eigenvalue weighted by molar-refractivity contribution is 7.84. The highest BCUT2D eigenvalue weighted by atomic mass is 32.2. The Bertz CT molecular complexity index is 447. The summed E-state index contributed by atoms with van der Waals surface area (Å²) in [7, 11) is -1.29. The van der Waals surface area contributed by atoms with Gasteiger partial charge in [0.25, 0.3) is 0 Å². The molecule has 0 radical (unpaired) electrons. The number of rotatable bonds is 2. The van der Waals surface area contributed by atoms with Gasteiger partial charge in [-0.05, 0) is 37.3 Å². The molecule has 0 bridgehead atoms. The Labute approximate surface area is 107 Å². The van der Waals surface area contributed by atoms with Crippen molar-refractivity contribution in [1.29, 1.82) is 0 Å². The Kier molecular flexibility index (Phi) is 4.26. The molecular formula is C14H21NOS. The minimum Gasteiger partial charge on any atom is -0.229 e. The topological polar surface area (TPSA) is 29.4 Å². The summed E-state index contributed by atoms with van der Waals surface area (Å²) in [5.74, 6) is 0. The zero-order chi connectivity index (χ0) is 13.2. The highest BCUT2D eigenvalue weighted by Crippen LogP contribution is 2.21. The first-order chi connectivity index (χ1) is 7.70. The van der Waals surface area contributed by atoms with Crippen LogP contribution >= 0.6 is 0 Å². The molecule has 0 heterocycles. The lowest BCUT2D eigenvalue weighted by molar-refractivity contribution is 0.607. The van der Waals surface area contributed by atoms with Crippen LogP contribution in [-0.2, 0) is 11.0 Å². The smallest absolute Gasteiger partial charge is 0.172 e. The number of benzene rings is 1. The molecule has 3 heteroatoms. The van der Waals surface area contributed by atoms with Gasteiger partial charge in [0.2, 0.25) is 0 Å². The van der Waals surface area contributed by atoms with Gasteiger partial charge in [-0.15, -0.1) is 0 Å². The van der Waals surface area contributed by atoms with E-state index in [0.717, 1.165) is 16.0 Å². The Balaban J connectivity index is 3.10. The van der Waals surface area contributed by atoms with Gasteiger partial charge in [-0.3, -0.25) is 0 Å². The monoisotopic (exact) mass is 251 g/mol. The van der Waals surface area contributed by atoms with E-state index in [4.69, 9.17) is 0 Å². The summed E-state index contributed by atoms with van der Waals surface area (Å²) in [6.07, 6.45) is 1.77.